The van der Waals surface area contributed by atoms with E-state index in [4.69, 9.17) is 5.11 Å². The van der Waals surface area contributed by atoms with Gasteiger partial charge >= 0.3 is 5.97 Å². The number of aromatic nitrogens is 1. The van der Waals surface area contributed by atoms with Crippen LogP contribution in [0.3, 0.4) is 0 Å². The minimum absolute atomic E-state index is 0.216. The molecule has 0 saturated carbocycles. The molecule has 1 heterocycles. The van der Waals surface area contributed by atoms with E-state index in [0.717, 1.165) is 17.2 Å². The first kappa shape index (κ1) is 9.45. The van der Waals surface area contributed by atoms with E-state index in [2.05, 4.69) is 0 Å². The number of hydrogen-bond donors (Lipinski definition) is 1. The second-order valence-corrected chi connectivity index (χ2v) is 3.33. The molecule has 76 valence electrons. The highest BCUT2D eigenvalue weighted by molar-refractivity contribution is 5.96. The summed E-state index contributed by atoms with van der Waals surface area (Å²) in [5.74, 6) is -0.971. The van der Waals surface area contributed by atoms with Crippen LogP contribution in [0.1, 0.15) is 20.8 Å². The Labute approximate surface area is 85.7 Å². The number of carboxylic acids is 1. The standard InChI is InChI=1S/C11H9NO3/c1-12-9-3-2-7(6-13)4-8(9)5-10(12)11(14)15/h2-6H,1H3,(H,14,15). The molecule has 1 N–H and O–H groups in total. The Balaban J connectivity index is 2.76. The molecule has 4 heteroatoms. The van der Waals surface area contributed by atoms with Crippen molar-refractivity contribution in [3.8, 4) is 0 Å². The Kier molecular flexibility index (Phi) is 2.04. The Morgan fingerprint density at radius 1 is 1.40 bits per heavy atom. The summed E-state index contributed by atoms with van der Waals surface area (Å²) in [6.45, 7) is 0. The van der Waals surface area contributed by atoms with Crippen molar-refractivity contribution in [2.75, 3.05) is 0 Å². The third-order valence-electron chi connectivity index (χ3n) is 2.42. The van der Waals surface area contributed by atoms with Crippen LogP contribution in [0.2, 0.25) is 0 Å². The summed E-state index contributed by atoms with van der Waals surface area (Å²) in [5, 5.41) is 9.67. The number of rotatable bonds is 2. The van der Waals surface area contributed by atoms with Crippen molar-refractivity contribution in [1.82, 2.24) is 4.57 Å². The Morgan fingerprint density at radius 3 is 2.73 bits per heavy atom. The van der Waals surface area contributed by atoms with Gasteiger partial charge < -0.3 is 9.67 Å². The summed E-state index contributed by atoms with van der Waals surface area (Å²) < 4.78 is 1.59. The monoisotopic (exact) mass is 203 g/mol. The summed E-state index contributed by atoms with van der Waals surface area (Å²) >= 11 is 0. The van der Waals surface area contributed by atoms with Gasteiger partial charge in [-0.05, 0) is 24.3 Å². The number of fused-ring (bicyclic) bond motifs is 1. The number of aryl methyl sites for hydroxylation is 1. The maximum Gasteiger partial charge on any atom is 0.352 e. The molecule has 0 aliphatic rings. The molecule has 0 spiro atoms. The number of benzene rings is 1. The van der Waals surface area contributed by atoms with Crippen LogP contribution in [0.4, 0.5) is 0 Å². The molecular weight excluding hydrogens is 194 g/mol. The van der Waals surface area contributed by atoms with E-state index in [-0.39, 0.29) is 5.69 Å². The van der Waals surface area contributed by atoms with E-state index in [1.807, 2.05) is 0 Å². The van der Waals surface area contributed by atoms with Crippen molar-refractivity contribution >= 4 is 23.2 Å². The van der Waals surface area contributed by atoms with Gasteiger partial charge in [0.15, 0.2) is 0 Å². The summed E-state index contributed by atoms with van der Waals surface area (Å²) in [6.07, 6.45) is 0.743. The first-order chi connectivity index (χ1) is 7.13. The van der Waals surface area contributed by atoms with Crippen LogP contribution in [0.15, 0.2) is 24.3 Å². The van der Waals surface area contributed by atoms with Crippen molar-refractivity contribution in [2.45, 2.75) is 0 Å². The molecule has 0 aliphatic heterocycles. The lowest BCUT2D eigenvalue weighted by Crippen LogP contribution is -2.03. The van der Waals surface area contributed by atoms with Crippen LogP contribution in [0, 0.1) is 0 Å². The Morgan fingerprint density at radius 2 is 2.13 bits per heavy atom. The fraction of sp³-hybridized carbons (Fsp3) is 0.0909. The number of aromatic carboxylic acids is 1. The maximum atomic E-state index is 10.9. The van der Waals surface area contributed by atoms with Crippen LogP contribution < -0.4 is 0 Å². The lowest BCUT2D eigenvalue weighted by molar-refractivity contribution is 0.0687. The van der Waals surface area contributed by atoms with Gasteiger partial charge in [-0.15, -0.1) is 0 Å². The van der Waals surface area contributed by atoms with Crippen molar-refractivity contribution < 1.29 is 14.7 Å². The fourth-order valence-corrected chi connectivity index (χ4v) is 1.65. The van der Waals surface area contributed by atoms with Crippen LogP contribution in [-0.4, -0.2) is 21.9 Å². The summed E-state index contributed by atoms with van der Waals surface area (Å²) in [5.41, 5.74) is 1.57. The summed E-state index contributed by atoms with van der Waals surface area (Å²) in [6, 6.07) is 6.64. The van der Waals surface area contributed by atoms with Gasteiger partial charge in [0.05, 0.1) is 0 Å². The predicted molar refractivity (Wildman–Crippen MR) is 55.3 cm³/mol. The second kappa shape index (κ2) is 3.24. The van der Waals surface area contributed by atoms with Crippen molar-refractivity contribution in [2.24, 2.45) is 7.05 Å². The molecule has 1 aromatic carbocycles. The third-order valence-corrected chi connectivity index (χ3v) is 2.42. The third kappa shape index (κ3) is 1.40. The zero-order valence-electron chi connectivity index (χ0n) is 8.10. The van der Waals surface area contributed by atoms with Gasteiger partial charge in [-0.25, -0.2) is 4.79 Å². The van der Waals surface area contributed by atoms with E-state index < -0.39 is 5.97 Å². The van der Waals surface area contributed by atoms with Crippen LogP contribution in [-0.2, 0) is 7.05 Å². The van der Waals surface area contributed by atoms with Crippen molar-refractivity contribution in [3.05, 3.63) is 35.5 Å². The van der Waals surface area contributed by atoms with Gasteiger partial charge in [0.1, 0.15) is 12.0 Å². The minimum atomic E-state index is -0.971. The highest BCUT2D eigenvalue weighted by Gasteiger charge is 2.11. The predicted octanol–water partition coefficient (Wildman–Crippen LogP) is 1.69. The molecular formula is C11H9NO3. The van der Waals surface area contributed by atoms with Gasteiger partial charge in [-0.1, -0.05) is 0 Å². The van der Waals surface area contributed by atoms with Crippen LogP contribution in [0.25, 0.3) is 10.9 Å². The molecule has 0 atom stereocenters. The van der Waals surface area contributed by atoms with E-state index in [0.29, 0.717) is 5.56 Å². The summed E-state index contributed by atoms with van der Waals surface area (Å²) in [7, 11) is 1.69. The zero-order valence-corrected chi connectivity index (χ0v) is 8.10. The zero-order chi connectivity index (χ0) is 11.0. The van der Waals surface area contributed by atoms with E-state index in [1.54, 1.807) is 35.9 Å². The Bertz CT molecular complexity index is 554. The Hall–Kier alpha value is -2.10. The van der Waals surface area contributed by atoms with Crippen molar-refractivity contribution in [1.29, 1.82) is 0 Å². The van der Waals surface area contributed by atoms with Gasteiger partial charge in [0, 0.05) is 23.5 Å². The molecule has 1 aromatic heterocycles. The summed E-state index contributed by atoms with van der Waals surface area (Å²) in [4.78, 5) is 21.4. The molecule has 0 saturated heterocycles. The number of carbonyl (C=O) groups excluding carboxylic acids is 1. The molecule has 0 unspecified atom stereocenters. The smallest absolute Gasteiger partial charge is 0.352 e. The number of carbonyl (C=O) groups is 2. The number of aldehydes is 1. The first-order valence-electron chi connectivity index (χ1n) is 4.41. The fourth-order valence-electron chi connectivity index (χ4n) is 1.65. The largest absolute Gasteiger partial charge is 0.477 e. The lowest BCUT2D eigenvalue weighted by atomic mass is 10.2. The van der Waals surface area contributed by atoms with Crippen LogP contribution >= 0.6 is 0 Å². The van der Waals surface area contributed by atoms with Gasteiger partial charge in [0.2, 0.25) is 0 Å². The second-order valence-electron chi connectivity index (χ2n) is 3.33. The van der Waals surface area contributed by atoms with E-state index >= 15 is 0 Å². The highest BCUT2D eigenvalue weighted by Crippen LogP contribution is 2.19. The van der Waals surface area contributed by atoms with E-state index in [1.165, 1.54) is 0 Å². The van der Waals surface area contributed by atoms with Gasteiger partial charge in [-0.3, -0.25) is 4.79 Å². The first-order valence-corrected chi connectivity index (χ1v) is 4.41. The maximum absolute atomic E-state index is 10.9. The minimum Gasteiger partial charge on any atom is -0.477 e. The van der Waals surface area contributed by atoms with Gasteiger partial charge in [0.25, 0.3) is 0 Å². The van der Waals surface area contributed by atoms with Gasteiger partial charge in [-0.2, -0.15) is 0 Å². The normalized spacial score (nSPS) is 10.5. The average Bonchev–Trinajstić information content (AvgIpc) is 2.55. The number of carboxylic acid groups (broad SMARTS) is 1. The average molecular weight is 203 g/mol. The van der Waals surface area contributed by atoms with Crippen LogP contribution in [0.5, 0.6) is 0 Å². The molecule has 0 aliphatic carbocycles. The van der Waals surface area contributed by atoms with E-state index in [9.17, 15) is 9.59 Å². The highest BCUT2D eigenvalue weighted by atomic mass is 16.4. The van der Waals surface area contributed by atoms with Crippen molar-refractivity contribution in [3.63, 3.8) is 0 Å². The molecule has 2 aromatic rings. The molecule has 4 nitrogen and oxygen atoms in total. The molecule has 0 radical (unpaired) electrons. The topological polar surface area (TPSA) is 59.3 Å². The molecule has 0 amide bonds. The quantitative estimate of drug-likeness (QED) is 0.755. The lowest BCUT2D eigenvalue weighted by Gasteiger charge is -1.98. The molecule has 0 bridgehead atoms. The molecule has 0 fully saturated rings. The SMILES string of the molecule is Cn1c(C(=O)O)cc2cc(C=O)ccc21. The number of hydrogen-bond acceptors (Lipinski definition) is 2. The molecule has 2 rings (SSSR count). The molecule has 15 heavy (non-hydrogen) atoms. The number of nitrogens with zero attached hydrogens (tertiary/aromatic N) is 1.